The summed E-state index contributed by atoms with van der Waals surface area (Å²) >= 11 is 0. The lowest BCUT2D eigenvalue weighted by atomic mass is 9.47. The van der Waals surface area contributed by atoms with Gasteiger partial charge in [0.25, 0.3) is 0 Å². The zero-order valence-corrected chi connectivity index (χ0v) is 45.0. The first kappa shape index (κ1) is 57.8. The van der Waals surface area contributed by atoms with Gasteiger partial charge in [0.1, 0.15) is 25.9 Å². The molecule has 0 aliphatic heterocycles. The predicted molar refractivity (Wildman–Crippen MR) is 268 cm³/mol. The molecule has 4 aliphatic rings. The summed E-state index contributed by atoms with van der Waals surface area (Å²) in [5.41, 5.74) is 2.03. The van der Waals surface area contributed by atoms with Crippen molar-refractivity contribution in [3.05, 3.63) is 11.6 Å². The van der Waals surface area contributed by atoms with Crippen LogP contribution in [-0.2, 0) is 42.2 Å². The Bertz CT molecular complexity index is 1580. The summed E-state index contributed by atoms with van der Waals surface area (Å²) in [5, 5.41) is 0. The Balaban J connectivity index is 1.20. The summed E-state index contributed by atoms with van der Waals surface area (Å²) in [7, 11) is 1.31. The van der Waals surface area contributed by atoms with Crippen molar-refractivity contribution in [2.75, 3.05) is 47.5 Å². The first-order valence-corrected chi connectivity index (χ1v) is 28.9. The van der Waals surface area contributed by atoms with Gasteiger partial charge in [0.2, 0.25) is 0 Å². The number of nitrogens with zero attached hydrogens (tertiary/aromatic N) is 1. The van der Waals surface area contributed by atoms with Crippen LogP contribution in [0.5, 0.6) is 0 Å². The van der Waals surface area contributed by atoms with Crippen LogP contribution < -0.4 is 0 Å². The number of carbonyl (C=O) groups excluding carboxylic acids is 3. The number of ether oxygens (including phenoxy) is 3. The Morgan fingerprint density at radius 2 is 1.39 bits per heavy atom. The molecule has 67 heavy (non-hydrogen) atoms. The molecule has 10 atom stereocenters. The van der Waals surface area contributed by atoms with Crippen LogP contribution in [0.4, 0.5) is 0 Å². The minimum atomic E-state index is -4.48. The molecule has 11 nitrogen and oxygen atoms in total. The second-order valence-corrected chi connectivity index (χ2v) is 25.0. The SMILES string of the molecule is CCCCCCCCCCCCCCCC(=O)OC[C@H](COP(=O)(O)OCC[N+](C)(C)C)OC(=O)CCC(=O)OC1CC[C@]2(C)C(=CCC3C2CC[C@]2(C)C3CC[C@H]2[C@@H](C)CCCC(C)C)C1. The number of rotatable bonds is 33. The molecule has 3 saturated carbocycles. The van der Waals surface area contributed by atoms with E-state index in [0.29, 0.717) is 28.8 Å². The Morgan fingerprint density at radius 1 is 0.746 bits per heavy atom. The molecule has 1 N–H and O–H groups in total. The first-order chi connectivity index (χ1) is 31.8. The summed E-state index contributed by atoms with van der Waals surface area (Å²) in [6.45, 7) is 14.2. The van der Waals surface area contributed by atoms with E-state index >= 15 is 0 Å². The van der Waals surface area contributed by atoms with Crippen LogP contribution in [0.2, 0.25) is 0 Å². The quantitative estimate of drug-likeness (QED) is 0.0169. The summed E-state index contributed by atoms with van der Waals surface area (Å²) in [5.74, 6) is 3.01. The van der Waals surface area contributed by atoms with Crippen LogP contribution >= 0.6 is 7.82 Å². The maximum atomic E-state index is 13.2. The largest absolute Gasteiger partial charge is 0.472 e. The normalized spacial score (nSPS) is 27.8. The van der Waals surface area contributed by atoms with Crippen molar-refractivity contribution in [2.24, 2.45) is 46.3 Å². The molecule has 0 aromatic rings. The maximum absolute atomic E-state index is 13.2. The van der Waals surface area contributed by atoms with Crippen LogP contribution in [0.3, 0.4) is 0 Å². The number of esters is 3. The van der Waals surface area contributed by atoms with Gasteiger partial charge < -0.3 is 23.6 Å². The van der Waals surface area contributed by atoms with Crippen molar-refractivity contribution in [3.8, 4) is 0 Å². The van der Waals surface area contributed by atoms with Gasteiger partial charge in [-0.25, -0.2) is 4.57 Å². The molecule has 0 heterocycles. The molecule has 3 fully saturated rings. The Hall–Kier alpha value is -1.78. The molecule has 0 bridgehead atoms. The van der Waals surface area contributed by atoms with Crippen molar-refractivity contribution in [1.82, 2.24) is 0 Å². The highest BCUT2D eigenvalue weighted by Gasteiger charge is 2.59. The van der Waals surface area contributed by atoms with Crippen LogP contribution in [0.15, 0.2) is 11.6 Å². The van der Waals surface area contributed by atoms with Gasteiger partial charge in [0, 0.05) is 12.8 Å². The third-order valence-corrected chi connectivity index (χ3v) is 17.7. The second-order valence-electron chi connectivity index (χ2n) is 23.5. The lowest BCUT2D eigenvalue weighted by molar-refractivity contribution is -0.870. The highest BCUT2D eigenvalue weighted by atomic mass is 31.2. The number of hydrogen-bond donors (Lipinski definition) is 1. The van der Waals surface area contributed by atoms with Crippen molar-refractivity contribution in [3.63, 3.8) is 0 Å². The molecular weight excluding hydrogens is 866 g/mol. The van der Waals surface area contributed by atoms with Crippen LogP contribution in [0.25, 0.3) is 0 Å². The van der Waals surface area contributed by atoms with E-state index in [-0.39, 0.29) is 44.0 Å². The van der Waals surface area contributed by atoms with Gasteiger partial charge in [-0.2, -0.15) is 0 Å². The van der Waals surface area contributed by atoms with E-state index in [1.54, 1.807) is 0 Å². The first-order valence-electron chi connectivity index (χ1n) is 27.4. The average Bonchev–Trinajstić information content (AvgIpc) is 3.62. The molecular formula is C55H99NO10P+. The lowest BCUT2D eigenvalue weighted by Crippen LogP contribution is -2.51. The highest BCUT2D eigenvalue weighted by Crippen LogP contribution is 2.67. The van der Waals surface area contributed by atoms with Gasteiger partial charge in [-0.15, -0.1) is 0 Å². The number of carbonyl (C=O) groups is 3. The van der Waals surface area contributed by atoms with E-state index in [0.717, 1.165) is 74.5 Å². The number of fused-ring (bicyclic) bond motifs is 5. The number of hydrogen-bond acceptors (Lipinski definition) is 9. The van der Waals surface area contributed by atoms with Crippen molar-refractivity contribution in [2.45, 2.75) is 227 Å². The van der Waals surface area contributed by atoms with Gasteiger partial charge >= 0.3 is 25.7 Å². The zero-order chi connectivity index (χ0) is 49.1. The summed E-state index contributed by atoms with van der Waals surface area (Å²) in [6.07, 6.45) is 29.7. The number of unbranched alkanes of at least 4 members (excludes halogenated alkanes) is 12. The van der Waals surface area contributed by atoms with Crippen LogP contribution in [-0.4, -0.2) is 87.0 Å². The van der Waals surface area contributed by atoms with Crippen molar-refractivity contribution >= 4 is 25.7 Å². The summed E-state index contributed by atoms with van der Waals surface area (Å²) < 4.78 is 40.6. The number of likely N-dealkylation sites (N-methyl/N-ethyl adjacent to an activating group) is 1. The molecule has 0 spiro atoms. The Kier molecular flexibility index (Phi) is 24.4. The molecule has 0 amide bonds. The van der Waals surface area contributed by atoms with Crippen LogP contribution in [0, 0.1) is 46.3 Å². The highest BCUT2D eigenvalue weighted by molar-refractivity contribution is 7.47. The molecule has 0 saturated heterocycles. The smallest absolute Gasteiger partial charge is 0.462 e. The van der Waals surface area contributed by atoms with Gasteiger partial charge in [-0.05, 0) is 97.7 Å². The fraction of sp³-hybridized carbons (Fsp3) is 0.909. The van der Waals surface area contributed by atoms with E-state index in [1.807, 2.05) is 21.1 Å². The van der Waals surface area contributed by atoms with Gasteiger partial charge in [-0.1, -0.05) is 150 Å². The third kappa shape index (κ3) is 19.4. The van der Waals surface area contributed by atoms with E-state index in [2.05, 4.69) is 47.6 Å². The standard InChI is InChI=1S/C55H98NO10P/c1-10-11-12-13-14-15-16-17-18-19-20-21-22-26-51(57)62-40-46(41-64-67(60,61)63-38-37-56(7,8)9)66-53(59)32-31-52(58)65-45-33-35-54(5)44(39-45)27-28-47-49-30-29-48(43(4)25-23-24-42(2)3)55(49,6)36-34-50(47)54/h27,42-43,45-50H,10-26,28-41H2,1-9H3/p+1/t43-,45?,46+,47?,48-,49?,50?,54+,55-/m0/s1. The van der Waals surface area contributed by atoms with E-state index < -0.39 is 38.4 Å². The van der Waals surface area contributed by atoms with Gasteiger partial charge in [0.05, 0.1) is 40.6 Å². The number of phosphoric ester groups is 1. The maximum Gasteiger partial charge on any atom is 0.472 e. The monoisotopic (exact) mass is 965 g/mol. The Labute approximate surface area is 408 Å². The van der Waals surface area contributed by atoms with Crippen molar-refractivity contribution in [1.29, 1.82) is 0 Å². The minimum Gasteiger partial charge on any atom is -0.462 e. The number of phosphoric acid groups is 1. The predicted octanol–water partition coefficient (Wildman–Crippen LogP) is 13.5. The van der Waals surface area contributed by atoms with E-state index in [1.165, 1.54) is 108 Å². The van der Waals surface area contributed by atoms with Gasteiger partial charge in [0.15, 0.2) is 6.10 Å². The van der Waals surface area contributed by atoms with E-state index in [9.17, 15) is 23.8 Å². The van der Waals surface area contributed by atoms with Gasteiger partial charge in [-0.3, -0.25) is 23.4 Å². The fourth-order valence-electron chi connectivity index (χ4n) is 12.8. The number of quaternary nitrogens is 1. The minimum absolute atomic E-state index is 0.0187. The molecule has 4 aliphatic carbocycles. The Morgan fingerprint density at radius 3 is 2.03 bits per heavy atom. The number of allylic oxidation sites excluding steroid dienone is 1. The molecule has 388 valence electrons. The van der Waals surface area contributed by atoms with Crippen LogP contribution in [0.1, 0.15) is 215 Å². The molecule has 0 aromatic heterocycles. The summed E-state index contributed by atoms with van der Waals surface area (Å²) in [6, 6.07) is 0. The average molecular weight is 965 g/mol. The molecule has 0 aromatic carbocycles. The summed E-state index contributed by atoms with van der Waals surface area (Å²) in [4.78, 5) is 49.3. The topological polar surface area (TPSA) is 135 Å². The molecule has 12 heteroatoms. The van der Waals surface area contributed by atoms with E-state index in [4.69, 9.17) is 23.3 Å². The molecule has 0 radical (unpaired) electrons. The lowest BCUT2D eigenvalue weighted by Gasteiger charge is -2.58. The molecule has 4 rings (SSSR count). The zero-order valence-electron chi connectivity index (χ0n) is 44.1. The molecule has 5 unspecified atom stereocenters. The fourth-order valence-corrected chi connectivity index (χ4v) is 13.5. The third-order valence-electron chi connectivity index (χ3n) is 16.7. The second kappa shape index (κ2) is 28.3. The van der Waals surface area contributed by atoms with Crippen molar-refractivity contribution < 1.29 is 51.6 Å².